The first-order valence-corrected chi connectivity index (χ1v) is 11.1. The SMILES string of the molecule is O=S(=O)(c1ccc(Cl)s1)N1CCN(c2nc3ccccc3nc2C(F)(F)F)CC1. The number of nitrogens with zero attached hydrogens (tertiary/aromatic N) is 4. The number of alkyl halides is 3. The summed E-state index contributed by atoms with van der Waals surface area (Å²) < 4.78 is 67.8. The Morgan fingerprint density at radius 1 is 0.966 bits per heavy atom. The third-order valence-corrected chi connectivity index (χ3v) is 8.10. The molecule has 3 heterocycles. The van der Waals surface area contributed by atoms with Gasteiger partial charge in [-0.3, -0.25) is 0 Å². The molecule has 1 aliphatic heterocycles. The van der Waals surface area contributed by atoms with Crippen molar-refractivity contribution in [3.63, 3.8) is 0 Å². The molecule has 154 valence electrons. The van der Waals surface area contributed by atoms with Crippen LogP contribution in [0.2, 0.25) is 4.34 Å². The molecule has 0 atom stereocenters. The highest BCUT2D eigenvalue weighted by Gasteiger charge is 2.40. The molecule has 1 fully saturated rings. The largest absolute Gasteiger partial charge is 0.437 e. The molecule has 0 amide bonds. The monoisotopic (exact) mass is 462 g/mol. The van der Waals surface area contributed by atoms with Gasteiger partial charge in [0, 0.05) is 26.2 Å². The molecule has 1 aromatic carbocycles. The summed E-state index contributed by atoms with van der Waals surface area (Å²) >= 11 is 6.77. The van der Waals surface area contributed by atoms with Crippen molar-refractivity contribution in [2.24, 2.45) is 0 Å². The molecular formula is C17H14ClF3N4O2S2. The first-order chi connectivity index (χ1) is 13.7. The summed E-state index contributed by atoms with van der Waals surface area (Å²) in [6.45, 7) is 0.191. The Morgan fingerprint density at radius 3 is 2.14 bits per heavy atom. The van der Waals surface area contributed by atoms with Crippen LogP contribution in [-0.2, 0) is 16.2 Å². The van der Waals surface area contributed by atoms with Gasteiger partial charge in [0.25, 0.3) is 10.0 Å². The molecule has 2 aromatic heterocycles. The van der Waals surface area contributed by atoms with E-state index >= 15 is 0 Å². The van der Waals surface area contributed by atoms with Gasteiger partial charge < -0.3 is 4.90 Å². The van der Waals surface area contributed by atoms with Gasteiger partial charge >= 0.3 is 6.18 Å². The van der Waals surface area contributed by atoms with Gasteiger partial charge in [0.1, 0.15) is 4.21 Å². The Kier molecular flexibility index (Phi) is 5.18. The van der Waals surface area contributed by atoms with Crippen LogP contribution in [0.1, 0.15) is 5.69 Å². The summed E-state index contributed by atoms with van der Waals surface area (Å²) in [5.41, 5.74) is -0.573. The van der Waals surface area contributed by atoms with Crippen LogP contribution in [0, 0.1) is 0 Å². The standard InChI is InChI=1S/C17H14ClF3N4O2S2/c18-13-5-6-14(28-13)29(26,27)25-9-7-24(8-10-25)16-15(17(19,20)21)22-11-3-1-2-4-12(11)23-16/h1-6H,7-10H2. The minimum Gasteiger partial charge on any atom is -0.352 e. The van der Waals surface area contributed by atoms with Crippen LogP contribution in [0.15, 0.2) is 40.6 Å². The van der Waals surface area contributed by atoms with Crippen molar-refractivity contribution in [1.29, 1.82) is 0 Å². The molecule has 12 heteroatoms. The third kappa shape index (κ3) is 3.91. The van der Waals surface area contributed by atoms with E-state index in [-0.39, 0.29) is 41.7 Å². The zero-order valence-corrected chi connectivity index (χ0v) is 17.1. The fourth-order valence-corrected chi connectivity index (χ4v) is 6.16. The van der Waals surface area contributed by atoms with E-state index in [0.29, 0.717) is 9.85 Å². The number of benzene rings is 1. The normalized spacial score (nSPS) is 16.5. The van der Waals surface area contributed by atoms with Crippen molar-refractivity contribution in [2.45, 2.75) is 10.4 Å². The number of sulfonamides is 1. The Bertz CT molecular complexity index is 1160. The molecule has 0 radical (unpaired) electrons. The van der Waals surface area contributed by atoms with Crippen LogP contribution in [0.4, 0.5) is 19.0 Å². The van der Waals surface area contributed by atoms with Crippen molar-refractivity contribution in [3.05, 3.63) is 46.4 Å². The molecule has 0 aliphatic carbocycles. The molecule has 0 unspecified atom stereocenters. The van der Waals surface area contributed by atoms with Gasteiger partial charge in [0.2, 0.25) is 0 Å². The Labute approximate surface area is 173 Å². The Hall–Kier alpha value is -1.95. The van der Waals surface area contributed by atoms with Crippen LogP contribution < -0.4 is 4.90 Å². The van der Waals surface area contributed by atoms with Gasteiger partial charge in [-0.25, -0.2) is 18.4 Å². The summed E-state index contributed by atoms with van der Waals surface area (Å²) in [6, 6.07) is 9.24. The number of rotatable bonds is 3. The van der Waals surface area contributed by atoms with Gasteiger partial charge in [0.15, 0.2) is 11.5 Å². The molecule has 0 bridgehead atoms. The number of anilines is 1. The molecule has 4 rings (SSSR count). The summed E-state index contributed by atoms with van der Waals surface area (Å²) in [4.78, 5) is 9.37. The summed E-state index contributed by atoms with van der Waals surface area (Å²) in [5.74, 6) is -0.285. The van der Waals surface area contributed by atoms with Crippen molar-refractivity contribution in [3.8, 4) is 0 Å². The summed E-state index contributed by atoms with van der Waals surface area (Å²) in [7, 11) is -3.74. The number of hydrogen-bond acceptors (Lipinski definition) is 6. The molecule has 0 saturated carbocycles. The van der Waals surface area contributed by atoms with Gasteiger partial charge in [0.05, 0.1) is 15.4 Å². The highest BCUT2D eigenvalue weighted by Crippen LogP contribution is 2.36. The minimum absolute atomic E-state index is 0.0314. The van der Waals surface area contributed by atoms with Crippen molar-refractivity contribution < 1.29 is 21.6 Å². The highest BCUT2D eigenvalue weighted by atomic mass is 35.5. The first kappa shape index (κ1) is 20.3. The number of para-hydroxylation sites is 2. The lowest BCUT2D eigenvalue weighted by atomic mass is 10.2. The molecule has 0 N–H and O–H groups in total. The zero-order valence-electron chi connectivity index (χ0n) is 14.7. The fraction of sp³-hybridized carbons (Fsp3) is 0.294. The topological polar surface area (TPSA) is 66.4 Å². The Morgan fingerprint density at radius 2 is 1.59 bits per heavy atom. The number of halogens is 4. The van der Waals surface area contributed by atoms with Crippen molar-refractivity contribution >= 4 is 49.8 Å². The van der Waals surface area contributed by atoms with E-state index in [1.165, 1.54) is 27.4 Å². The summed E-state index contributed by atoms with van der Waals surface area (Å²) in [6.07, 6.45) is -4.68. The van der Waals surface area contributed by atoms with Crippen molar-refractivity contribution in [2.75, 3.05) is 31.1 Å². The lowest BCUT2D eigenvalue weighted by Gasteiger charge is -2.35. The van der Waals surface area contributed by atoms with E-state index in [9.17, 15) is 21.6 Å². The van der Waals surface area contributed by atoms with Gasteiger partial charge in [-0.2, -0.15) is 17.5 Å². The molecule has 3 aromatic rings. The average molecular weight is 463 g/mol. The predicted molar refractivity (Wildman–Crippen MR) is 105 cm³/mol. The fourth-order valence-electron chi connectivity index (χ4n) is 3.11. The maximum absolute atomic E-state index is 13.6. The lowest BCUT2D eigenvalue weighted by Crippen LogP contribution is -2.49. The first-order valence-electron chi connectivity index (χ1n) is 8.51. The smallest absolute Gasteiger partial charge is 0.352 e. The molecule has 29 heavy (non-hydrogen) atoms. The molecule has 1 saturated heterocycles. The Balaban J connectivity index is 1.62. The highest BCUT2D eigenvalue weighted by molar-refractivity contribution is 7.91. The quantitative estimate of drug-likeness (QED) is 0.591. The second-order valence-electron chi connectivity index (χ2n) is 6.33. The van der Waals surface area contributed by atoms with Crippen LogP contribution in [0.5, 0.6) is 0 Å². The maximum Gasteiger partial charge on any atom is 0.437 e. The average Bonchev–Trinajstić information content (AvgIpc) is 3.13. The van der Waals surface area contributed by atoms with Crippen molar-refractivity contribution in [1.82, 2.24) is 14.3 Å². The molecule has 6 nitrogen and oxygen atoms in total. The molecule has 1 aliphatic rings. The van der Waals surface area contributed by atoms with E-state index in [1.807, 2.05) is 0 Å². The number of thiophene rings is 1. The van der Waals surface area contributed by atoms with Crippen LogP contribution in [0.3, 0.4) is 0 Å². The van der Waals surface area contributed by atoms with Gasteiger partial charge in [-0.1, -0.05) is 23.7 Å². The van der Waals surface area contributed by atoms with E-state index in [2.05, 4.69) is 9.97 Å². The van der Waals surface area contributed by atoms with Gasteiger partial charge in [-0.15, -0.1) is 11.3 Å². The third-order valence-electron chi connectivity index (χ3n) is 4.50. The van der Waals surface area contributed by atoms with Gasteiger partial charge in [-0.05, 0) is 24.3 Å². The second-order valence-corrected chi connectivity index (χ2v) is 10.2. The number of hydrogen-bond donors (Lipinski definition) is 0. The second kappa shape index (κ2) is 7.38. The van der Waals surface area contributed by atoms with Crippen LogP contribution >= 0.6 is 22.9 Å². The lowest BCUT2D eigenvalue weighted by molar-refractivity contribution is -0.140. The number of aromatic nitrogens is 2. The number of fused-ring (bicyclic) bond motifs is 1. The van der Waals surface area contributed by atoms with E-state index in [4.69, 9.17) is 11.6 Å². The van der Waals surface area contributed by atoms with E-state index in [1.54, 1.807) is 18.2 Å². The van der Waals surface area contributed by atoms with Crippen LogP contribution in [0.25, 0.3) is 11.0 Å². The number of piperazine rings is 1. The zero-order chi connectivity index (χ0) is 20.8. The predicted octanol–water partition coefficient (Wildman–Crippen LogP) is 3.87. The van der Waals surface area contributed by atoms with Crippen LogP contribution in [-0.4, -0.2) is 48.9 Å². The van der Waals surface area contributed by atoms with E-state index in [0.717, 1.165) is 11.3 Å². The molecular weight excluding hydrogens is 449 g/mol. The minimum atomic E-state index is -4.68. The maximum atomic E-state index is 13.6. The summed E-state index contributed by atoms with van der Waals surface area (Å²) in [5, 5.41) is 0. The molecule has 0 spiro atoms. The van der Waals surface area contributed by atoms with E-state index < -0.39 is 21.9 Å².